The van der Waals surface area contributed by atoms with Crippen molar-refractivity contribution in [3.05, 3.63) is 21.9 Å². The second-order valence-corrected chi connectivity index (χ2v) is 6.89. The minimum absolute atomic E-state index is 0.0984. The van der Waals surface area contributed by atoms with Gasteiger partial charge in [0.15, 0.2) is 0 Å². The maximum absolute atomic E-state index is 12.5. The first-order chi connectivity index (χ1) is 10.1. The molecule has 21 heavy (non-hydrogen) atoms. The van der Waals surface area contributed by atoms with Crippen LogP contribution < -0.4 is 0 Å². The molecular weight excluding hydrogens is 288 g/mol. The van der Waals surface area contributed by atoms with Gasteiger partial charge in [0.2, 0.25) is 0 Å². The van der Waals surface area contributed by atoms with Gasteiger partial charge in [0.1, 0.15) is 4.88 Å². The number of hydrogen-bond donors (Lipinski definition) is 1. The Bertz CT molecular complexity index is 500. The van der Waals surface area contributed by atoms with Gasteiger partial charge < -0.3 is 9.84 Å². The van der Waals surface area contributed by atoms with Crippen LogP contribution in [0.4, 0.5) is 0 Å². The highest BCUT2D eigenvalue weighted by molar-refractivity contribution is 7.13. The molecule has 5 heteroatoms. The fourth-order valence-corrected chi connectivity index (χ4v) is 3.88. The van der Waals surface area contributed by atoms with Crippen LogP contribution in [0.2, 0.25) is 0 Å². The number of carbonyl (C=O) groups is 2. The molecule has 1 heterocycles. The van der Waals surface area contributed by atoms with Crippen LogP contribution in [-0.4, -0.2) is 23.7 Å². The maximum atomic E-state index is 12.5. The summed E-state index contributed by atoms with van der Waals surface area (Å²) in [6, 6.07) is 3.45. The number of rotatable bonds is 7. The van der Waals surface area contributed by atoms with Crippen molar-refractivity contribution in [2.24, 2.45) is 5.41 Å². The van der Waals surface area contributed by atoms with Crippen LogP contribution in [0, 0.1) is 5.41 Å². The van der Waals surface area contributed by atoms with Crippen molar-refractivity contribution < 1.29 is 19.4 Å². The van der Waals surface area contributed by atoms with Crippen molar-refractivity contribution in [1.82, 2.24) is 0 Å². The lowest BCUT2D eigenvalue weighted by atomic mass is 9.82. The molecule has 116 valence electrons. The molecule has 1 fully saturated rings. The van der Waals surface area contributed by atoms with E-state index in [2.05, 4.69) is 6.92 Å². The zero-order chi connectivity index (χ0) is 15.3. The van der Waals surface area contributed by atoms with Gasteiger partial charge in [0.25, 0.3) is 0 Å². The topological polar surface area (TPSA) is 63.6 Å². The largest absolute Gasteiger partial charge is 0.477 e. The SMILES string of the molecule is CCCCOC(=O)C1(Cc2ccc(C(=O)O)s2)CCCC1. The summed E-state index contributed by atoms with van der Waals surface area (Å²) < 4.78 is 5.45. The molecular formula is C16H22O4S. The first kappa shape index (κ1) is 16.0. The second-order valence-electron chi connectivity index (χ2n) is 5.72. The Kier molecular flexibility index (Phi) is 5.39. The number of esters is 1. The average Bonchev–Trinajstić information content (AvgIpc) is 3.09. The van der Waals surface area contributed by atoms with Gasteiger partial charge in [0, 0.05) is 4.88 Å². The third-order valence-electron chi connectivity index (χ3n) is 4.11. The highest BCUT2D eigenvalue weighted by Gasteiger charge is 2.42. The van der Waals surface area contributed by atoms with Crippen LogP contribution in [0.15, 0.2) is 12.1 Å². The Balaban J connectivity index is 2.06. The molecule has 0 aromatic carbocycles. The lowest BCUT2D eigenvalue weighted by molar-refractivity contribution is -0.155. The van der Waals surface area contributed by atoms with E-state index in [1.165, 1.54) is 11.3 Å². The first-order valence-electron chi connectivity index (χ1n) is 7.56. The molecule has 0 spiro atoms. The molecule has 0 saturated heterocycles. The fourth-order valence-electron chi connectivity index (χ4n) is 2.89. The molecule has 0 unspecified atom stereocenters. The Morgan fingerprint density at radius 2 is 2.05 bits per heavy atom. The molecule has 0 bridgehead atoms. The van der Waals surface area contributed by atoms with E-state index in [4.69, 9.17) is 9.84 Å². The third kappa shape index (κ3) is 3.84. The van der Waals surface area contributed by atoms with Gasteiger partial charge in [-0.05, 0) is 37.8 Å². The van der Waals surface area contributed by atoms with Gasteiger partial charge in [-0.25, -0.2) is 4.79 Å². The average molecular weight is 310 g/mol. The van der Waals surface area contributed by atoms with Crippen LogP contribution in [0.3, 0.4) is 0 Å². The number of hydrogen-bond acceptors (Lipinski definition) is 4. The Hall–Kier alpha value is -1.36. The van der Waals surface area contributed by atoms with Gasteiger partial charge in [0.05, 0.1) is 12.0 Å². The van der Waals surface area contributed by atoms with E-state index < -0.39 is 11.4 Å². The van der Waals surface area contributed by atoms with Gasteiger partial charge in [-0.3, -0.25) is 4.79 Å². The van der Waals surface area contributed by atoms with Gasteiger partial charge in [-0.1, -0.05) is 26.2 Å². The highest BCUT2D eigenvalue weighted by atomic mass is 32.1. The summed E-state index contributed by atoms with van der Waals surface area (Å²) in [6.07, 6.45) is 6.28. The Labute approximate surface area is 129 Å². The smallest absolute Gasteiger partial charge is 0.345 e. The molecule has 2 rings (SSSR count). The summed E-state index contributed by atoms with van der Waals surface area (Å²) in [5.74, 6) is -1.00. The molecule has 1 aliphatic rings. The summed E-state index contributed by atoms with van der Waals surface area (Å²) in [7, 11) is 0. The van der Waals surface area contributed by atoms with Crippen molar-refractivity contribution in [3.63, 3.8) is 0 Å². The number of aromatic carboxylic acids is 1. The molecule has 1 saturated carbocycles. The lowest BCUT2D eigenvalue weighted by Gasteiger charge is -2.26. The van der Waals surface area contributed by atoms with Gasteiger partial charge in [-0.2, -0.15) is 0 Å². The number of thiophene rings is 1. The lowest BCUT2D eigenvalue weighted by Crippen LogP contribution is -2.32. The maximum Gasteiger partial charge on any atom is 0.345 e. The van der Waals surface area contributed by atoms with E-state index in [0.29, 0.717) is 17.9 Å². The predicted octanol–water partition coefficient (Wildman–Crippen LogP) is 3.89. The molecule has 1 aliphatic carbocycles. The minimum atomic E-state index is -0.905. The van der Waals surface area contributed by atoms with E-state index in [0.717, 1.165) is 43.4 Å². The van der Waals surface area contributed by atoms with E-state index in [9.17, 15) is 9.59 Å². The summed E-state index contributed by atoms with van der Waals surface area (Å²) in [4.78, 5) is 24.7. The highest BCUT2D eigenvalue weighted by Crippen LogP contribution is 2.43. The normalized spacial score (nSPS) is 16.8. The van der Waals surface area contributed by atoms with Crippen LogP contribution >= 0.6 is 11.3 Å². The molecule has 4 nitrogen and oxygen atoms in total. The predicted molar refractivity (Wildman–Crippen MR) is 81.8 cm³/mol. The van der Waals surface area contributed by atoms with Crippen LogP contribution in [-0.2, 0) is 16.0 Å². The molecule has 0 atom stereocenters. The van der Waals surface area contributed by atoms with Gasteiger partial charge in [-0.15, -0.1) is 11.3 Å². The van der Waals surface area contributed by atoms with E-state index in [1.807, 2.05) is 6.07 Å². The molecule has 1 N–H and O–H groups in total. The Morgan fingerprint density at radius 3 is 2.62 bits per heavy atom. The number of carbonyl (C=O) groups excluding carboxylic acids is 1. The molecule has 1 aromatic heterocycles. The van der Waals surface area contributed by atoms with Crippen molar-refractivity contribution in [2.45, 2.75) is 51.9 Å². The van der Waals surface area contributed by atoms with Crippen LogP contribution in [0.5, 0.6) is 0 Å². The molecule has 0 aliphatic heterocycles. The number of unbranched alkanes of at least 4 members (excludes halogenated alkanes) is 1. The third-order valence-corrected chi connectivity index (χ3v) is 5.18. The zero-order valence-electron chi connectivity index (χ0n) is 12.4. The zero-order valence-corrected chi connectivity index (χ0v) is 13.2. The number of carboxylic acid groups (broad SMARTS) is 1. The van der Waals surface area contributed by atoms with Crippen LogP contribution in [0.1, 0.15) is 60.0 Å². The quantitative estimate of drug-likeness (QED) is 0.613. The molecule has 0 amide bonds. The fraction of sp³-hybridized carbons (Fsp3) is 0.625. The van der Waals surface area contributed by atoms with E-state index >= 15 is 0 Å². The van der Waals surface area contributed by atoms with Crippen molar-refractivity contribution >= 4 is 23.3 Å². The second kappa shape index (κ2) is 7.07. The monoisotopic (exact) mass is 310 g/mol. The summed E-state index contributed by atoms with van der Waals surface area (Å²) in [5, 5.41) is 8.99. The summed E-state index contributed by atoms with van der Waals surface area (Å²) in [6.45, 7) is 2.56. The van der Waals surface area contributed by atoms with E-state index in [-0.39, 0.29) is 5.97 Å². The molecule has 1 aromatic rings. The number of ether oxygens (including phenoxy) is 1. The van der Waals surface area contributed by atoms with Crippen molar-refractivity contribution in [2.75, 3.05) is 6.61 Å². The van der Waals surface area contributed by atoms with Crippen molar-refractivity contribution in [1.29, 1.82) is 0 Å². The summed E-state index contributed by atoms with van der Waals surface area (Å²) in [5.41, 5.74) is -0.436. The number of carboxylic acids is 1. The Morgan fingerprint density at radius 1 is 1.33 bits per heavy atom. The minimum Gasteiger partial charge on any atom is -0.477 e. The van der Waals surface area contributed by atoms with Gasteiger partial charge >= 0.3 is 11.9 Å². The van der Waals surface area contributed by atoms with Crippen LogP contribution in [0.25, 0.3) is 0 Å². The standard InChI is InChI=1S/C16H22O4S/c1-2-3-10-20-15(19)16(8-4-5-9-16)11-12-6-7-13(21-12)14(17)18/h6-7H,2-5,8-11H2,1H3,(H,17,18). The molecule has 0 radical (unpaired) electrons. The summed E-state index contributed by atoms with van der Waals surface area (Å²) >= 11 is 1.26. The van der Waals surface area contributed by atoms with E-state index in [1.54, 1.807) is 6.07 Å². The van der Waals surface area contributed by atoms with Crippen molar-refractivity contribution in [3.8, 4) is 0 Å². The first-order valence-corrected chi connectivity index (χ1v) is 8.38.